The lowest BCUT2D eigenvalue weighted by molar-refractivity contribution is 0.284. The second-order valence-electron chi connectivity index (χ2n) is 4.26. The maximum absolute atomic E-state index is 5.80. The van der Waals surface area contributed by atoms with Crippen molar-refractivity contribution in [3.63, 3.8) is 0 Å². The van der Waals surface area contributed by atoms with E-state index in [2.05, 4.69) is 0 Å². The highest BCUT2D eigenvalue weighted by Crippen LogP contribution is 2.29. The number of halogens is 1. The Morgan fingerprint density at radius 1 is 0.850 bits per heavy atom. The van der Waals surface area contributed by atoms with Crippen molar-refractivity contribution in [3.05, 3.63) is 53.6 Å². The van der Waals surface area contributed by atoms with Gasteiger partial charge in [-0.2, -0.15) is 0 Å². The van der Waals surface area contributed by atoms with Gasteiger partial charge in [-0.25, -0.2) is 0 Å². The Bertz CT molecular complexity index is 552. The first kappa shape index (κ1) is 14.5. The van der Waals surface area contributed by atoms with Crippen LogP contribution in [0.3, 0.4) is 0 Å². The molecular weight excluding hydrogens is 276 g/mol. The average molecular weight is 293 g/mol. The molecule has 0 fully saturated rings. The standard InChI is InChI=1S/C16H17ClO3/c1-18-14-6-3-12(4-7-14)11-20-15-8-5-13(10-17)9-16(15)19-2/h3-9H,10-11H2,1-2H3. The van der Waals surface area contributed by atoms with Crippen LogP contribution in [0.2, 0.25) is 0 Å². The quantitative estimate of drug-likeness (QED) is 0.753. The zero-order valence-electron chi connectivity index (χ0n) is 11.6. The zero-order valence-corrected chi connectivity index (χ0v) is 12.3. The molecule has 4 heteroatoms. The molecule has 3 nitrogen and oxygen atoms in total. The molecule has 0 spiro atoms. The Labute approximate surface area is 124 Å². The molecule has 0 radical (unpaired) electrons. The summed E-state index contributed by atoms with van der Waals surface area (Å²) in [5.74, 6) is 2.68. The molecule has 2 aromatic rings. The second-order valence-corrected chi connectivity index (χ2v) is 4.52. The van der Waals surface area contributed by atoms with Gasteiger partial charge in [-0.05, 0) is 35.4 Å². The van der Waals surface area contributed by atoms with Crippen LogP contribution < -0.4 is 14.2 Å². The summed E-state index contributed by atoms with van der Waals surface area (Å²) in [5.41, 5.74) is 2.06. The van der Waals surface area contributed by atoms with Crippen molar-refractivity contribution < 1.29 is 14.2 Å². The number of hydrogen-bond donors (Lipinski definition) is 0. The van der Waals surface area contributed by atoms with E-state index < -0.39 is 0 Å². The number of benzene rings is 2. The Hall–Kier alpha value is -1.87. The van der Waals surface area contributed by atoms with Crippen LogP contribution in [0.25, 0.3) is 0 Å². The van der Waals surface area contributed by atoms with Crippen molar-refractivity contribution in [1.29, 1.82) is 0 Å². The lowest BCUT2D eigenvalue weighted by atomic mass is 10.2. The van der Waals surface area contributed by atoms with Gasteiger partial charge in [-0.15, -0.1) is 11.6 Å². The summed E-state index contributed by atoms with van der Waals surface area (Å²) in [6.45, 7) is 0.473. The summed E-state index contributed by atoms with van der Waals surface area (Å²) in [6, 6.07) is 13.4. The number of ether oxygens (including phenoxy) is 3. The first-order chi connectivity index (χ1) is 9.76. The molecule has 0 heterocycles. The van der Waals surface area contributed by atoms with Crippen LogP contribution in [-0.2, 0) is 12.5 Å². The molecule has 0 atom stereocenters. The molecular formula is C16H17ClO3. The van der Waals surface area contributed by atoms with E-state index >= 15 is 0 Å². The van der Waals surface area contributed by atoms with Crippen LogP contribution in [0.4, 0.5) is 0 Å². The van der Waals surface area contributed by atoms with Crippen LogP contribution in [0.1, 0.15) is 11.1 Å². The van der Waals surface area contributed by atoms with Gasteiger partial charge < -0.3 is 14.2 Å². The summed E-state index contributed by atoms with van der Waals surface area (Å²) < 4.78 is 16.2. The van der Waals surface area contributed by atoms with Crippen molar-refractivity contribution in [2.24, 2.45) is 0 Å². The van der Waals surface area contributed by atoms with Gasteiger partial charge in [0.25, 0.3) is 0 Å². The van der Waals surface area contributed by atoms with Gasteiger partial charge in [-0.3, -0.25) is 0 Å². The fraction of sp³-hybridized carbons (Fsp3) is 0.250. The molecule has 0 amide bonds. The largest absolute Gasteiger partial charge is 0.497 e. The van der Waals surface area contributed by atoms with E-state index in [-0.39, 0.29) is 0 Å². The van der Waals surface area contributed by atoms with Gasteiger partial charge in [0, 0.05) is 5.88 Å². The van der Waals surface area contributed by atoms with Gasteiger partial charge in [-0.1, -0.05) is 18.2 Å². The van der Waals surface area contributed by atoms with E-state index in [0.29, 0.717) is 24.0 Å². The topological polar surface area (TPSA) is 27.7 Å². The lowest BCUT2D eigenvalue weighted by Gasteiger charge is -2.12. The minimum atomic E-state index is 0.453. The minimum absolute atomic E-state index is 0.453. The van der Waals surface area contributed by atoms with E-state index in [1.807, 2.05) is 42.5 Å². The van der Waals surface area contributed by atoms with Crippen molar-refractivity contribution in [2.45, 2.75) is 12.5 Å². The smallest absolute Gasteiger partial charge is 0.161 e. The van der Waals surface area contributed by atoms with Crippen LogP contribution in [0.5, 0.6) is 17.2 Å². The van der Waals surface area contributed by atoms with Crippen LogP contribution >= 0.6 is 11.6 Å². The summed E-state index contributed by atoms with van der Waals surface area (Å²) in [5, 5.41) is 0. The maximum Gasteiger partial charge on any atom is 0.161 e. The molecule has 0 aliphatic rings. The third-order valence-electron chi connectivity index (χ3n) is 2.94. The highest BCUT2D eigenvalue weighted by atomic mass is 35.5. The van der Waals surface area contributed by atoms with E-state index in [1.54, 1.807) is 14.2 Å². The van der Waals surface area contributed by atoms with Gasteiger partial charge in [0.05, 0.1) is 14.2 Å². The number of alkyl halides is 1. The molecule has 2 rings (SSSR count). The second kappa shape index (κ2) is 7.06. The first-order valence-corrected chi connectivity index (χ1v) is 6.79. The zero-order chi connectivity index (χ0) is 14.4. The molecule has 106 valence electrons. The molecule has 0 aliphatic heterocycles. The molecule has 0 saturated heterocycles. The fourth-order valence-corrected chi connectivity index (χ4v) is 1.96. The predicted molar refractivity (Wildman–Crippen MR) is 79.9 cm³/mol. The molecule has 0 unspecified atom stereocenters. The minimum Gasteiger partial charge on any atom is -0.497 e. The van der Waals surface area contributed by atoms with Gasteiger partial charge in [0.2, 0.25) is 0 Å². The third-order valence-corrected chi connectivity index (χ3v) is 3.24. The predicted octanol–water partition coefficient (Wildman–Crippen LogP) is 4.02. The Morgan fingerprint density at radius 3 is 2.15 bits per heavy atom. The number of rotatable bonds is 6. The van der Waals surface area contributed by atoms with E-state index in [0.717, 1.165) is 16.9 Å². The molecule has 0 bridgehead atoms. The molecule has 0 saturated carbocycles. The summed E-state index contributed by atoms with van der Waals surface area (Å²) in [7, 11) is 3.27. The normalized spacial score (nSPS) is 10.2. The van der Waals surface area contributed by atoms with E-state index in [4.69, 9.17) is 25.8 Å². The monoisotopic (exact) mass is 292 g/mol. The maximum atomic E-state index is 5.80. The molecule has 0 aromatic heterocycles. The summed E-state index contributed by atoms with van der Waals surface area (Å²) >= 11 is 5.80. The van der Waals surface area contributed by atoms with Crippen molar-refractivity contribution in [3.8, 4) is 17.2 Å². The highest BCUT2D eigenvalue weighted by Gasteiger charge is 2.06. The molecule has 2 aromatic carbocycles. The number of hydrogen-bond acceptors (Lipinski definition) is 3. The van der Waals surface area contributed by atoms with Crippen molar-refractivity contribution in [2.75, 3.05) is 14.2 Å². The Kier molecular flexibility index (Phi) is 5.13. The SMILES string of the molecule is COc1ccc(COc2ccc(CCl)cc2OC)cc1. The first-order valence-electron chi connectivity index (χ1n) is 6.25. The Morgan fingerprint density at radius 2 is 1.55 bits per heavy atom. The lowest BCUT2D eigenvalue weighted by Crippen LogP contribution is -1.98. The van der Waals surface area contributed by atoms with Crippen LogP contribution in [0.15, 0.2) is 42.5 Å². The third kappa shape index (κ3) is 3.58. The molecule has 20 heavy (non-hydrogen) atoms. The van der Waals surface area contributed by atoms with Gasteiger partial charge in [0.15, 0.2) is 11.5 Å². The molecule has 0 aliphatic carbocycles. The average Bonchev–Trinajstić information content (AvgIpc) is 2.53. The number of methoxy groups -OCH3 is 2. The summed E-state index contributed by atoms with van der Waals surface area (Å²) in [4.78, 5) is 0. The van der Waals surface area contributed by atoms with Crippen LogP contribution in [-0.4, -0.2) is 14.2 Å². The van der Waals surface area contributed by atoms with E-state index in [9.17, 15) is 0 Å². The van der Waals surface area contributed by atoms with Gasteiger partial charge >= 0.3 is 0 Å². The summed E-state index contributed by atoms with van der Waals surface area (Å²) in [6.07, 6.45) is 0. The van der Waals surface area contributed by atoms with Crippen molar-refractivity contribution >= 4 is 11.6 Å². The fourth-order valence-electron chi connectivity index (χ4n) is 1.80. The van der Waals surface area contributed by atoms with E-state index in [1.165, 1.54) is 0 Å². The van der Waals surface area contributed by atoms with Crippen molar-refractivity contribution in [1.82, 2.24) is 0 Å². The Balaban J connectivity index is 2.05. The highest BCUT2D eigenvalue weighted by molar-refractivity contribution is 6.17. The molecule has 0 N–H and O–H groups in total. The van der Waals surface area contributed by atoms with Gasteiger partial charge in [0.1, 0.15) is 12.4 Å². The van der Waals surface area contributed by atoms with Crippen LogP contribution in [0, 0.1) is 0 Å².